The molecule has 2 aromatic rings. The van der Waals surface area contributed by atoms with Crippen LogP contribution in [0.25, 0.3) is 0 Å². The maximum absolute atomic E-state index is 13.0. The molecule has 20 heavy (non-hydrogen) atoms. The molecule has 3 nitrogen and oxygen atoms in total. The van der Waals surface area contributed by atoms with Crippen molar-refractivity contribution in [3.63, 3.8) is 0 Å². The second-order valence-electron chi connectivity index (χ2n) is 4.68. The maximum Gasteiger partial charge on any atom is 0.162 e. The molecule has 0 bridgehead atoms. The Morgan fingerprint density at radius 1 is 1.05 bits per heavy atom. The summed E-state index contributed by atoms with van der Waals surface area (Å²) < 4.78 is 31.2. The summed E-state index contributed by atoms with van der Waals surface area (Å²) in [6.07, 6.45) is 0. The Kier molecular flexibility index (Phi) is 4.01. The van der Waals surface area contributed by atoms with Gasteiger partial charge >= 0.3 is 0 Å². The first-order valence-corrected chi connectivity index (χ1v) is 6.08. The second-order valence-corrected chi connectivity index (χ2v) is 4.68. The quantitative estimate of drug-likeness (QED) is 0.904. The third-order valence-corrected chi connectivity index (χ3v) is 3.00. The molecule has 0 aliphatic rings. The standard InChI is InChI=1S/C15H15F2NO2/c1-15(19,9-18)10-2-4-11(5-3-10)20-12-6-7-13(16)14(17)8-12/h2-8,19H,9,18H2,1H3. The molecule has 1 unspecified atom stereocenters. The van der Waals surface area contributed by atoms with Crippen molar-refractivity contribution in [2.75, 3.05) is 6.54 Å². The van der Waals surface area contributed by atoms with Gasteiger partial charge in [0, 0.05) is 12.6 Å². The third kappa shape index (κ3) is 3.12. The predicted molar refractivity (Wildman–Crippen MR) is 71.5 cm³/mol. The van der Waals surface area contributed by atoms with Gasteiger partial charge in [-0.05, 0) is 36.8 Å². The van der Waals surface area contributed by atoms with Gasteiger partial charge in [0.2, 0.25) is 0 Å². The molecule has 0 heterocycles. The molecular formula is C15H15F2NO2. The first kappa shape index (κ1) is 14.4. The topological polar surface area (TPSA) is 55.5 Å². The van der Waals surface area contributed by atoms with E-state index < -0.39 is 17.2 Å². The van der Waals surface area contributed by atoms with Crippen LogP contribution in [0.2, 0.25) is 0 Å². The van der Waals surface area contributed by atoms with E-state index in [0.29, 0.717) is 11.3 Å². The Hall–Kier alpha value is -1.98. The van der Waals surface area contributed by atoms with Crippen LogP contribution in [0.15, 0.2) is 42.5 Å². The number of rotatable bonds is 4. The van der Waals surface area contributed by atoms with Gasteiger partial charge < -0.3 is 15.6 Å². The molecule has 0 saturated carbocycles. The zero-order chi connectivity index (χ0) is 14.8. The lowest BCUT2D eigenvalue weighted by molar-refractivity contribution is 0.0668. The fourth-order valence-corrected chi connectivity index (χ4v) is 1.68. The lowest BCUT2D eigenvalue weighted by atomic mass is 9.96. The number of aliphatic hydroxyl groups is 1. The van der Waals surface area contributed by atoms with Crippen LogP contribution >= 0.6 is 0 Å². The Labute approximate surface area is 115 Å². The molecule has 0 radical (unpaired) electrons. The van der Waals surface area contributed by atoms with Crippen LogP contribution in [-0.4, -0.2) is 11.7 Å². The normalized spacial score (nSPS) is 13.8. The van der Waals surface area contributed by atoms with E-state index in [1.165, 1.54) is 6.07 Å². The average Bonchev–Trinajstić information content (AvgIpc) is 2.43. The van der Waals surface area contributed by atoms with Crippen molar-refractivity contribution in [1.29, 1.82) is 0 Å². The van der Waals surface area contributed by atoms with E-state index >= 15 is 0 Å². The van der Waals surface area contributed by atoms with Crippen LogP contribution in [0.3, 0.4) is 0 Å². The van der Waals surface area contributed by atoms with Crippen LogP contribution in [0.5, 0.6) is 11.5 Å². The highest BCUT2D eigenvalue weighted by molar-refractivity contribution is 5.35. The third-order valence-electron chi connectivity index (χ3n) is 3.00. The second kappa shape index (κ2) is 5.56. The summed E-state index contributed by atoms with van der Waals surface area (Å²) in [6.45, 7) is 1.70. The number of benzene rings is 2. The van der Waals surface area contributed by atoms with Crippen molar-refractivity contribution >= 4 is 0 Å². The van der Waals surface area contributed by atoms with E-state index in [1.807, 2.05) is 0 Å². The van der Waals surface area contributed by atoms with Crippen LogP contribution in [0.1, 0.15) is 12.5 Å². The van der Waals surface area contributed by atoms with Gasteiger partial charge in [-0.2, -0.15) is 0 Å². The first-order valence-electron chi connectivity index (χ1n) is 6.08. The molecule has 2 aromatic carbocycles. The summed E-state index contributed by atoms with van der Waals surface area (Å²) in [7, 11) is 0. The molecule has 3 N–H and O–H groups in total. The maximum atomic E-state index is 13.0. The van der Waals surface area contributed by atoms with Gasteiger partial charge in [-0.25, -0.2) is 8.78 Å². The molecular weight excluding hydrogens is 264 g/mol. The van der Waals surface area contributed by atoms with Gasteiger partial charge in [0.15, 0.2) is 11.6 Å². The van der Waals surface area contributed by atoms with Crippen molar-refractivity contribution in [2.45, 2.75) is 12.5 Å². The molecule has 0 aliphatic carbocycles. The Bertz CT molecular complexity index is 597. The van der Waals surface area contributed by atoms with Crippen molar-refractivity contribution in [2.24, 2.45) is 5.73 Å². The minimum Gasteiger partial charge on any atom is -0.457 e. The molecule has 0 amide bonds. The first-order chi connectivity index (χ1) is 9.42. The molecule has 0 fully saturated rings. The molecule has 1 atom stereocenters. The zero-order valence-corrected chi connectivity index (χ0v) is 10.9. The smallest absolute Gasteiger partial charge is 0.162 e. The van der Waals surface area contributed by atoms with Gasteiger partial charge in [-0.3, -0.25) is 0 Å². The fraction of sp³-hybridized carbons (Fsp3) is 0.200. The number of nitrogens with two attached hydrogens (primary N) is 1. The van der Waals surface area contributed by atoms with Crippen molar-refractivity contribution in [1.82, 2.24) is 0 Å². The summed E-state index contributed by atoms with van der Waals surface area (Å²) in [5.41, 5.74) is 5.01. The molecule has 2 rings (SSSR count). The van der Waals surface area contributed by atoms with Crippen molar-refractivity contribution < 1.29 is 18.6 Å². The van der Waals surface area contributed by atoms with Crippen LogP contribution in [0, 0.1) is 11.6 Å². The monoisotopic (exact) mass is 279 g/mol. The highest BCUT2D eigenvalue weighted by Gasteiger charge is 2.20. The van der Waals surface area contributed by atoms with Gasteiger partial charge in [-0.15, -0.1) is 0 Å². The highest BCUT2D eigenvalue weighted by Crippen LogP contribution is 2.26. The summed E-state index contributed by atoms with van der Waals surface area (Å²) in [4.78, 5) is 0. The number of halogens is 2. The van der Waals surface area contributed by atoms with E-state index in [0.717, 1.165) is 12.1 Å². The molecule has 0 aliphatic heterocycles. The largest absolute Gasteiger partial charge is 0.457 e. The van der Waals surface area contributed by atoms with Gasteiger partial charge in [-0.1, -0.05) is 12.1 Å². The van der Waals surface area contributed by atoms with E-state index in [9.17, 15) is 13.9 Å². The summed E-state index contributed by atoms with van der Waals surface area (Å²) in [5.74, 6) is -1.24. The number of hydrogen-bond donors (Lipinski definition) is 2. The summed E-state index contributed by atoms with van der Waals surface area (Å²) >= 11 is 0. The SMILES string of the molecule is CC(O)(CN)c1ccc(Oc2ccc(F)c(F)c2)cc1. The fourth-order valence-electron chi connectivity index (χ4n) is 1.68. The molecule has 5 heteroatoms. The van der Waals surface area contributed by atoms with Gasteiger partial charge in [0.1, 0.15) is 11.5 Å². The van der Waals surface area contributed by atoms with Crippen LogP contribution < -0.4 is 10.5 Å². The lowest BCUT2D eigenvalue weighted by Crippen LogP contribution is -2.31. The summed E-state index contributed by atoms with van der Waals surface area (Å²) in [5, 5.41) is 9.99. The molecule has 0 saturated heterocycles. The number of ether oxygens (including phenoxy) is 1. The highest BCUT2D eigenvalue weighted by atomic mass is 19.2. The van der Waals surface area contributed by atoms with Crippen molar-refractivity contribution in [3.05, 3.63) is 59.7 Å². The summed E-state index contributed by atoms with van der Waals surface area (Å²) in [6, 6.07) is 9.89. The number of hydrogen-bond acceptors (Lipinski definition) is 3. The average molecular weight is 279 g/mol. The molecule has 0 spiro atoms. The van der Waals surface area contributed by atoms with Crippen molar-refractivity contribution in [3.8, 4) is 11.5 Å². The Morgan fingerprint density at radius 3 is 2.20 bits per heavy atom. The van der Waals surface area contributed by atoms with Crippen LogP contribution in [-0.2, 0) is 5.60 Å². The minimum absolute atomic E-state index is 0.0936. The van der Waals surface area contributed by atoms with Crippen LogP contribution in [0.4, 0.5) is 8.78 Å². The van der Waals surface area contributed by atoms with E-state index in [4.69, 9.17) is 10.5 Å². The Balaban J connectivity index is 2.16. The van der Waals surface area contributed by atoms with Gasteiger partial charge in [0.05, 0.1) is 5.60 Å². The van der Waals surface area contributed by atoms with Gasteiger partial charge in [0.25, 0.3) is 0 Å². The molecule has 106 valence electrons. The molecule has 0 aromatic heterocycles. The van der Waals surface area contributed by atoms with E-state index in [2.05, 4.69) is 0 Å². The van der Waals surface area contributed by atoms with E-state index in [-0.39, 0.29) is 12.3 Å². The Morgan fingerprint density at radius 2 is 1.65 bits per heavy atom. The minimum atomic E-state index is -1.11. The zero-order valence-electron chi connectivity index (χ0n) is 10.9. The van der Waals surface area contributed by atoms with E-state index in [1.54, 1.807) is 31.2 Å². The predicted octanol–water partition coefficient (Wildman–Crippen LogP) is 2.92. The lowest BCUT2D eigenvalue weighted by Gasteiger charge is -2.21.